The van der Waals surface area contributed by atoms with Gasteiger partial charge in [0.05, 0.1) is 12.8 Å². The zero-order valence-electron chi connectivity index (χ0n) is 21.4. The van der Waals surface area contributed by atoms with Crippen molar-refractivity contribution in [2.75, 3.05) is 7.11 Å². The van der Waals surface area contributed by atoms with Crippen LogP contribution in [0.2, 0.25) is 0 Å². The molecular formula is C28H43N2OP. The van der Waals surface area contributed by atoms with Crippen LogP contribution in [-0.2, 0) is 17.4 Å². The highest BCUT2D eigenvalue weighted by molar-refractivity contribution is 7.48. The summed E-state index contributed by atoms with van der Waals surface area (Å²) in [7, 11) is 2.66. The van der Waals surface area contributed by atoms with Crippen molar-refractivity contribution in [3.05, 3.63) is 53.3 Å². The highest BCUT2D eigenvalue weighted by Crippen LogP contribution is 2.44. The molecule has 4 heteroatoms. The van der Waals surface area contributed by atoms with Crippen LogP contribution >= 0.6 is 8.58 Å². The van der Waals surface area contributed by atoms with Crippen LogP contribution in [0.1, 0.15) is 84.5 Å². The zero-order valence-corrected chi connectivity index (χ0v) is 22.4. The minimum absolute atomic E-state index is 0.0540. The van der Waals surface area contributed by atoms with E-state index in [1.807, 2.05) is 19.4 Å². The van der Waals surface area contributed by atoms with Gasteiger partial charge in [0.1, 0.15) is 5.75 Å². The maximum absolute atomic E-state index is 5.97. The van der Waals surface area contributed by atoms with Crippen molar-refractivity contribution in [1.29, 1.82) is 0 Å². The minimum atomic E-state index is 0.0540. The largest absolute Gasteiger partial charge is 0.496 e. The number of nitrogens with one attached hydrogen (secondary N) is 1. The lowest BCUT2D eigenvalue weighted by Crippen LogP contribution is -2.36. The molecule has 0 amide bonds. The fourth-order valence-corrected chi connectivity index (χ4v) is 6.85. The lowest BCUT2D eigenvalue weighted by atomic mass is 9.79. The minimum Gasteiger partial charge on any atom is -0.496 e. The van der Waals surface area contributed by atoms with Crippen LogP contribution in [0.25, 0.3) is 0 Å². The fourth-order valence-electron chi connectivity index (χ4n) is 4.95. The molecule has 2 aromatic rings. The summed E-state index contributed by atoms with van der Waals surface area (Å²) in [6.07, 6.45) is 5.87. The lowest BCUT2D eigenvalue weighted by Gasteiger charge is -2.31. The Morgan fingerprint density at radius 2 is 1.72 bits per heavy atom. The second-order valence-corrected chi connectivity index (χ2v) is 13.0. The average Bonchev–Trinajstić information content (AvgIpc) is 3.19. The van der Waals surface area contributed by atoms with E-state index in [0.717, 1.165) is 38.1 Å². The number of hydrogen-bond acceptors (Lipinski definition) is 3. The Balaban J connectivity index is 1.81. The van der Waals surface area contributed by atoms with Gasteiger partial charge in [-0.05, 0) is 71.7 Å². The Bertz CT molecular complexity index is 848. The van der Waals surface area contributed by atoms with Gasteiger partial charge in [-0.3, -0.25) is 4.98 Å². The summed E-state index contributed by atoms with van der Waals surface area (Å²) in [5.41, 5.74) is 4.65. The number of ether oxygens (including phenoxy) is 1. The molecule has 1 aliphatic carbocycles. The quantitative estimate of drug-likeness (QED) is 0.496. The van der Waals surface area contributed by atoms with Gasteiger partial charge in [-0.1, -0.05) is 62.6 Å². The molecule has 0 saturated heterocycles. The standard InChI is InChI=1S/C28H43N2OP/c1-19(30-18-20-12-9-10-15-29-20)22-13-11-14-25(22)32-21-16-23(27(2,3)4)26(31-8)24(17-21)28(5,6)7/h9-10,12,15-17,19,22,25,30,32H,11,13-14,18H2,1-8H3/t19-,22?,25?/m0/s1. The number of rotatable bonds is 7. The molecule has 0 radical (unpaired) electrons. The predicted molar refractivity (Wildman–Crippen MR) is 140 cm³/mol. The van der Waals surface area contributed by atoms with Crippen molar-refractivity contribution in [3.8, 4) is 5.75 Å². The molecule has 4 atom stereocenters. The van der Waals surface area contributed by atoms with Crippen molar-refractivity contribution in [3.63, 3.8) is 0 Å². The smallest absolute Gasteiger partial charge is 0.126 e. The van der Waals surface area contributed by atoms with Crippen LogP contribution < -0.4 is 15.4 Å². The normalized spacial score (nSPS) is 20.8. The van der Waals surface area contributed by atoms with Gasteiger partial charge in [-0.25, -0.2) is 0 Å². The molecule has 1 aliphatic rings. The van der Waals surface area contributed by atoms with Gasteiger partial charge in [0, 0.05) is 29.9 Å². The summed E-state index contributed by atoms with van der Waals surface area (Å²) in [5, 5.41) is 5.26. The number of aromatic nitrogens is 1. The lowest BCUT2D eigenvalue weighted by molar-refractivity contribution is 0.381. The summed E-state index contributed by atoms with van der Waals surface area (Å²) in [4.78, 5) is 4.47. The Hall–Kier alpha value is -1.44. The first-order valence-corrected chi connectivity index (χ1v) is 13.2. The molecule has 176 valence electrons. The van der Waals surface area contributed by atoms with E-state index in [0.29, 0.717) is 6.04 Å². The van der Waals surface area contributed by atoms with E-state index in [1.54, 1.807) is 0 Å². The molecule has 0 aliphatic heterocycles. The van der Waals surface area contributed by atoms with Crippen LogP contribution in [0.15, 0.2) is 36.5 Å². The van der Waals surface area contributed by atoms with Crippen LogP contribution in [-0.4, -0.2) is 23.8 Å². The summed E-state index contributed by atoms with van der Waals surface area (Å²) in [6, 6.07) is 11.5. The second kappa shape index (κ2) is 10.2. The topological polar surface area (TPSA) is 34.1 Å². The number of nitrogens with zero attached hydrogens (tertiary/aromatic N) is 1. The molecule has 32 heavy (non-hydrogen) atoms. The highest BCUT2D eigenvalue weighted by atomic mass is 31.1. The SMILES string of the molecule is COc1c(C(C)(C)C)cc(PC2CCCC2[C@H](C)NCc2ccccn2)cc1C(C)(C)C. The number of pyridine rings is 1. The highest BCUT2D eigenvalue weighted by Gasteiger charge is 2.33. The number of hydrogen-bond donors (Lipinski definition) is 1. The molecule has 0 bridgehead atoms. The molecular weight excluding hydrogens is 411 g/mol. The monoisotopic (exact) mass is 454 g/mol. The van der Waals surface area contributed by atoms with Crippen molar-refractivity contribution >= 4 is 13.9 Å². The van der Waals surface area contributed by atoms with Gasteiger partial charge >= 0.3 is 0 Å². The van der Waals surface area contributed by atoms with Crippen molar-refractivity contribution < 1.29 is 4.74 Å². The van der Waals surface area contributed by atoms with Crippen LogP contribution in [0, 0.1) is 5.92 Å². The van der Waals surface area contributed by atoms with Gasteiger partial charge in [-0.15, -0.1) is 0 Å². The molecule has 1 heterocycles. The fraction of sp³-hybridized carbons (Fsp3) is 0.607. The summed E-state index contributed by atoms with van der Waals surface area (Å²) < 4.78 is 5.97. The van der Waals surface area contributed by atoms with Crippen LogP contribution in [0.5, 0.6) is 5.75 Å². The van der Waals surface area contributed by atoms with Crippen LogP contribution in [0.3, 0.4) is 0 Å². The molecule has 3 rings (SSSR count). The van der Waals surface area contributed by atoms with Gasteiger partial charge < -0.3 is 10.1 Å². The number of methoxy groups -OCH3 is 1. The van der Waals surface area contributed by atoms with E-state index in [2.05, 4.69) is 83.0 Å². The summed E-state index contributed by atoms with van der Waals surface area (Å²) in [6.45, 7) is 17.0. The Labute approximate surface area is 197 Å². The Kier molecular flexibility index (Phi) is 8.05. The van der Waals surface area contributed by atoms with Crippen molar-refractivity contribution in [2.45, 2.75) is 96.8 Å². The van der Waals surface area contributed by atoms with Gasteiger partial charge in [0.15, 0.2) is 0 Å². The zero-order chi connectivity index (χ0) is 23.5. The van der Waals surface area contributed by atoms with E-state index in [9.17, 15) is 0 Å². The Morgan fingerprint density at radius 1 is 1.06 bits per heavy atom. The van der Waals surface area contributed by atoms with Gasteiger partial charge in [0.2, 0.25) is 0 Å². The first-order chi connectivity index (χ1) is 15.0. The predicted octanol–water partition coefficient (Wildman–Crippen LogP) is 6.34. The second-order valence-electron chi connectivity index (χ2n) is 11.4. The maximum atomic E-state index is 5.97. The molecule has 0 spiro atoms. The van der Waals surface area contributed by atoms with E-state index in [4.69, 9.17) is 4.74 Å². The van der Waals surface area contributed by atoms with Gasteiger partial charge in [0.25, 0.3) is 0 Å². The number of benzene rings is 1. The molecule has 1 aromatic carbocycles. The van der Waals surface area contributed by atoms with E-state index < -0.39 is 0 Å². The third-order valence-corrected chi connectivity index (χ3v) is 8.51. The molecule has 3 nitrogen and oxygen atoms in total. The maximum Gasteiger partial charge on any atom is 0.126 e. The van der Waals surface area contributed by atoms with Crippen LogP contribution in [0.4, 0.5) is 0 Å². The molecule has 3 unspecified atom stereocenters. The molecule has 1 aromatic heterocycles. The third kappa shape index (κ3) is 6.12. The summed E-state index contributed by atoms with van der Waals surface area (Å²) >= 11 is 0. The van der Waals surface area contributed by atoms with Crippen molar-refractivity contribution in [1.82, 2.24) is 10.3 Å². The van der Waals surface area contributed by atoms with Crippen molar-refractivity contribution in [2.24, 2.45) is 5.92 Å². The molecule has 1 fully saturated rings. The average molecular weight is 455 g/mol. The third-order valence-electron chi connectivity index (χ3n) is 6.80. The van der Waals surface area contributed by atoms with Gasteiger partial charge in [-0.2, -0.15) is 0 Å². The molecule has 1 saturated carbocycles. The Morgan fingerprint density at radius 3 is 2.25 bits per heavy atom. The van der Waals surface area contributed by atoms with E-state index in [-0.39, 0.29) is 10.8 Å². The van der Waals surface area contributed by atoms with E-state index in [1.165, 1.54) is 35.7 Å². The molecule has 1 N–H and O–H groups in total. The summed E-state index contributed by atoms with van der Waals surface area (Å²) in [5.74, 6) is 1.79. The first-order valence-electron chi connectivity index (χ1n) is 12.1. The first kappa shape index (κ1) is 25.2. The van der Waals surface area contributed by atoms with E-state index >= 15 is 0 Å².